The number of hydrogen-bond donors (Lipinski definition) is 3. The van der Waals surface area contributed by atoms with Crippen molar-refractivity contribution < 1.29 is 8.42 Å². The van der Waals surface area contributed by atoms with Gasteiger partial charge in [-0.2, -0.15) is 0 Å². The number of para-hydroxylation sites is 2. The minimum Gasteiger partial charge on any atom is -0.332 e. The van der Waals surface area contributed by atoms with Crippen molar-refractivity contribution in [1.29, 1.82) is 0 Å². The molecule has 0 heterocycles. The number of sulfonamides is 1. The van der Waals surface area contributed by atoms with Crippen LogP contribution in [0.15, 0.2) is 77.7 Å². The van der Waals surface area contributed by atoms with Crippen LogP contribution in [0, 0.1) is 13.8 Å². The zero-order valence-electron chi connectivity index (χ0n) is 15.6. The summed E-state index contributed by atoms with van der Waals surface area (Å²) in [5.74, 6) is 0. The molecule has 0 aliphatic rings. The Morgan fingerprint density at radius 2 is 1.29 bits per heavy atom. The fourth-order valence-electron chi connectivity index (χ4n) is 2.61. The Balaban J connectivity index is 1.68. The highest BCUT2D eigenvalue weighted by Gasteiger charge is 2.15. The molecule has 28 heavy (non-hydrogen) atoms. The van der Waals surface area contributed by atoms with Gasteiger partial charge >= 0.3 is 0 Å². The second kappa shape index (κ2) is 8.41. The van der Waals surface area contributed by atoms with Crippen LogP contribution in [0.3, 0.4) is 0 Å². The van der Waals surface area contributed by atoms with Crippen LogP contribution in [0.1, 0.15) is 11.1 Å². The number of rotatable bonds is 5. The van der Waals surface area contributed by atoms with E-state index in [4.69, 9.17) is 12.2 Å². The van der Waals surface area contributed by atoms with Gasteiger partial charge in [0.05, 0.1) is 10.6 Å². The van der Waals surface area contributed by atoms with E-state index in [0.29, 0.717) is 16.5 Å². The van der Waals surface area contributed by atoms with Gasteiger partial charge in [0.2, 0.25) is 0 Å². The second-order valence-electron chi connectivity index (χ2n) is 6.34. The maximum atomic E-state index is 12.6. The average Bonchev–Trinajstić information content (AvgIpc) is 2.66. The summed E-state index contributed by atoms with van der Waals surface area (Å²) in [6.07, 6.45) is 0. The first-order valence-corrected chi connectivity index (χ1v) is 10.6. The Bertz CT molecular complexity index is 1090. The van der Waals surface area contributed by atoms with Gasteiger partial charge in [-0.05, 0) is 73.6 Å². The lowest BCUT2D eigenvalue weighted by Crippen LogP contribution is -2.19. The molecule has 0 spiro atoms. The van der Waals surface area contributed by atoms with E-state index >= 15 is 0 Å². The summed E-state index contributed by atoms with van der Waals surface area (Å²) in [6, 6.07) is 21.5. The van der Waals surface area contributed by atoms with Gasteiger partial charge in [-0.15, -0.1) is 0 Å². The van der Waals surface area contributed by atoms with Crippen molar-refractivity contribution in [1.82, 2.24) is 0 Å². The van der Waals surface area contributed by atoms with E-state index < -0.39 is 10.0 Å². The van der Waals surface area contributed by atoms with Gasteiger partial charge in [0.1, 0.15) is 0 Å². The van der Waals surface area contributed by atoms with Crippen LogP contribution in [-0.4, -0.2) is 13.5 Å². The highest BCUT2D eigenvalue weighted by Crippen LogP contribution is 2.21. The van der Waals surface area contributed by atoms with E-state index in [9.17, 15) is 8.42 Å². The van der Waals surface area contributed by atoms with E-state index in [1.807, 2.05) is 50.2 Å². The molecule has 0 atom stereocenters. The van der Waals surface area contributed by atoms with Crippen LogP contribution in [-0.2, 0) is 10.0 Å². The SMILES string of the molecule is Cc1ccccc1NC(=S)Nc1ccc(S(=O)(=O)Nc2ccccc2C)cc1. The normalized spacial score (nSPS) is 10.9. The van der Waals surface area contributed by atoms with Crippen molar-refractivity contribution in [3.05, 3.63) is 83.9 Å². The van der Waals surface area contributed by atoms with Crippen molar-refractivity contribution in [2.75, 3.05) is 15.4 Å². The van der Waals surface area contributed by atoms with Gasteiger partial charge in [0.15, 0.2) is 5.11 Å². The van der Waals surface area contributed by atoms with Gasteiger partial charge in [0.25, 0.3) is 10.0 Å². The maximum absolute atomic E-state index is 12.6. The van der Waals surface area contributed by atoms with Gasteiger partial charge in [0, 0.05) is 11.4 Å². The molecule has 3 rings (SSSR count). The second-order valence-corrected chi connectivity index (χ2v) is 8.43. The van der Waals surface area contributed by atoms with Crippen molar-refractivity contribution in [2.45, 2.75) is 18.7 Å². The highest BCUT2D eigenvalue weighted by atomic mass is 32.2. The first kappa shape index (κ1) is 19.9. The van der Waals surface area contributed by atoms with Crippen LogP contribution >= 0.6 is 12.2 Å². The molecular weight excluding hydrogens is 390 g/mol. The summed E-state index contributed by atoms with van der Waals surface area (Å²) in [6.45, 7) is 3.85. The molecule has 0 aliphatic heterocycles. The molecular formula is C21H21N3O2S2. The lowest BCUT2D eigenvalue weighted by atomic mass is 10.2. The zero-order valence-corrected chi connectivity index (χ0v) is 17.2. The van der Waals surface area contributed by atoms with E-state index in [-0.39, 0.29) is 4.90 Å². The summed E-state index contributed by atoms with van der Waals surface area (Å²) < 4.78 is 27.8. The van der Waals surface area contributed by atoms with E-state index in [1.54, 1.807) is 36.4 Å². The predicted molar refractivity (Wildman–Crippen MR) is 119 cm³/mol. The molecule has 3 aromatic carbocycles. The third kappa shape index (κ3) is 4.88. The summed E-state index contributed by atoms with van der Waals surface area (Å²) >= 11 is 5.33. The Kier molecular flexibility index (Phi) is 5.96. The van der Waals surface area contributed by atoms with Gasteiger partial charge in [-0.3, -0.25) is 4.72 Å². The van der Waals surface area contributed by atoms with Crippen molar-refractivity contribution in [2.24, 2.45) is 0 Å². The number of anilines is 3. The third-order valence-corrected chi connectivity index (χ3v) is 5.79. The molecule has 0 aromatic heterocycles. The third-order valence-electron chi connectivity index (χ3n) is 4.21. The molecule has 0 saturated heterocycles. The summed E-state index contributed by atoms with van der Waals surface area (Å²) in [7, 11) is -3.66. The van der Waals surface area contributed by atoms with Crippen LogP contribution in [0.5, 0.6) is 0 Å². The molecule has 0 radical (unpaired) electrons. The smallest absolute Gasteiger partial charge is 0.261 e. The molecule has 5 nitrogen and oxygen atoms in total. The molecule has 3 aromatic rings. The molecule has 0 unspecified atom stereocenters. The van der Waals surface area contributed by atoms with E-state index in [2.05, 4.69) is 15.4 Å². The molecule has 0 amide bonds. The fraction of sp³-hybridized carbons (Fsp3) is 0.0952. The number of thiocarbonyl (C=S) groups is 1. The lowest BCUT2D eigenvalue weighted by molar-refractivity contribution is 0.601. The van der Waals surface area contributed by atoms with Crippen LogP contribution in [0.2, 0.25) is 0 Å². The number of benzene rings is 3. The van der Waals surface area contributed by atoms with Crippen molar-refractivity contribution >= 4 is 44.4 Å². The molecule has 0 fully saturated rings. The Hall–Kier alpha value is -2.90. The molecule has 3 N–H and O–H groups in total. The number of aryl methyl sites for hydroxylation is 2. The molecule has 7 heteroatoms. The van der Waals surface area contributed by atoms with E-state index in [0.717, 1.165) is 16.8 Å². The standard InChI is InChI=1S/C21H21N3O2S2/c1-15-7-3-5-9-19(15)23-21(27)22-17-11-13-18(14-12-17)28(25,26)24-20-10-6-4-8-16(20)2/h3-14,24H,1-2H3,(H2,22,23,27). The first-order valence-electron chi connectivity index (χ1n) is 8.67. The van der Waals surface area contributed by atoms with E-state index in [1.165, 1.54) is 0 Å². The topological polar surface area (TPSA) is 70.2 Å². The average molecular weight is 412 g/mol. The van der Waals surface area contributed by atoms with Crippen molar-refractivity contribution in [3.8, 4) is 0 Å². The predicted octanol–water partition coefficient (Wildman–Crippen LogP) is 4.91. The lowest BCUT2D eigenvalue weighted by Gasteiger charge is -2.13. The number of hydrogen-bond acceptors (Lipinski definition) is 3. The quantitative estimate of drug-likeness (QED) is 0.520. The molecule has 0 bridgehead atoms. The summed E-state index contributed by atoms with van der Waals surface area (Å²) in [5, 5.41) is 6.63. The van der Waals surface area contributed by atoms with Gasteiger partial charge in [-0.25, -0.2) is 8.42 Å². The molecule has 0 saturated carbocycles. The minimum atomic E-state index is -3.66. The largest absolute Gasteiger partial charge is 0.332 e. The van der Waals surface area contributed by atoms with Crippen LogP contribution in [0.4, 0.5) is 17.1 Å². The van der Waals surface area contributed by atoms with Crippen LogP contribution in [0.25, 0.3) is 0 Å². The molecule has 144 valence electrons. The zero-order chi connectivity index (χ0) is 20.1. The Morgan fingerprint density at radius 1 is 0.750 bits per heavy atom. The van der Waals surface area contributed by atoms with Gasteiger partial charge < -0.3 is 10.6 Å². The Labute approximate surface area is 170 Å². The highest BCUT2D eigenvalue weighted by molar-refractivity contribution is 7.92. The fourth-order valence-corrected chi connectivity index (χ4v) is 3.96. The Morgan fingerprint density at radius 3 is 1.86 bits per heavy atom. The van der Waals surface area contributed by atoms with Crippen molar-refractivity contribution in [3.63, 3.8) is 0 Å². The number of nitrogens with one attached hydrogen (secondary N) is 3. The van der Waals surface area contributed by atoms with Crippen LogP contribution < -0.4 is 15.4 Å². The summed E-state index contributed by atoms with van der Waals surface area (Å²) in [4.78, 5) is 0.180. The summed E-state index contributed by atoms with van der Waals surface area (Å²) in [5.41, 5.74) is 4.11. The van der Waals surface area contributed by atoms with Gasteiger partial charge in [-0.1, -0.05) is 36.4 Å². The first-order chi connectivity index (χ1) is 13.3. The molecule has 0 aliphatic carbocycles. The monoisotopic (exact) mass is 411 g/mol. The maximum Gasteiger partial charge on any atom is 0.261 e. The minimum absolute atomic E-state index is 0.180.